The van der Waals surface area contributed by atoms with E-state index in [4.69, 9.17) is 16.6 Å². The molecule has 1 aliphatic rings. The predicted octanol–water partition coefficient (Wildman–Crippen LogP) is 2.59. The van der Waals surface area contributed by atoms with Crippen molar-refractivity contribution in [2.24, 2.45) is 0 Å². The number of aliphatic carboxylic acids is 1. The van der Waals surface area contributed by atoms with Crippen LogP contribution in [0.4, 0.5) is 0 Å². The van der Waals surface area contributed by atoms with E-state index in [1.54, 1.807) is 12.1 Å². The molecule has 0 saturated carbocycles. The highest BCUT2D eigenvalue weighted by molar-refractivity contribution is 8.26. The SMILES string of the molecule is Cc1ccc(-c2ccc(/C=C3\SC(=S)N([C@H](C)C(=O)[O-])C3=O)o2)cc1. The van der Waals surface area contributed by atoms with Gasteiger partial charge in [-0.3, -0.25) is 9.69 Å². The van der Waals surface area contributed by atoms with Crippen molar-refractivity contribution in [3.63, 3.8) is 0 Å². The van der Waals surface area contributed by atoms with E-state index in [0.717, 1.165) is 27.8 Å². The Balaban J connectivity index is 1.84. The molecule has 0 radical (unpaired) electrons. The average Bonchev–Trinajstić information content (AvgIpc) is 3.13. The third kappa shape index (κ3) is 3.52. The van der Waals surface area contributed by atoms with Crippen LogP contribution in [0.25, 0.3) is 17.4 Å². The zero-order chi connectivity index (χ0) is 18.1. The molecule has 1 aliphatic heterocycles. The Bertz CT molecular complexity index is 883. The second kappa shape index (κ2) is 6.85. The van der Waals surface area contributed by atoms with Crippen LogP contribution < -0.4 is 5.11 Å². The Hall–Kier alpha value is -2.38. The third-order valence-corrected chi connectivity index (χ3v) is 5.12. The summed E-state index contributed by atoms with van der Waals surface area (Å²) in [5.74, 6) is -0.626. The number of furan rings is 1. The molecule has 0 aliphatic carbocycles. The first-order valence-electron chi connectivity index (χ1n) is 7.51. The van der Waals surface area contributed by atoms with E-state index >= 15 is 0 Å². The summed E-state index contributed by atoms with van der Waals surface area (Å²) >= 11 is 6.15. The standard InChI is InChI=1S/C18H15NO4S2/c1-10-3-5-12(6-4-10)14-8-7-13(23-14)9-15-16(20)19(18(24)25-15)11(2)17(21)22/h3-9,11H,1-2H3,(H,21,22)/p-1/b15-9-/t11-/m1/s1. The highest BCUT2D eigenvalue weighted by Crippen LogP contribution is 2.34. The lowest BCUT2D eigenvalue weighted by Gasteiger charge is -2.23. The number of benzene rings is 1. The molecule has 3 rings (SSSR count). The minimum Gasteiger partial charge on any atom is -0.548 e. The second-order valence-electron chi connectivity index (χ2n) is 5.61. The number of rotatable bonds is 4. The highest BCUT2D eigenvalue weighted by Gasteiger charge is 2.36. The molecule has 0 unspecified atom stereocenters. The van der Waals surface area contributed by atoms with Crippen LogP contribution in [-0.4, -0.2) is 27.1 Å². The number of hydrogen-bond donors (Lipinski definition) is 0. The van der Waals surface area contributed by atoms with E-state index in [1.165, 1.54) is 6.92 Å². The number of carbonyl (C=O) groups is 2. The molecular formula is C18H14NO4S2-. The topological polar surface area (TPSA) is 73.6 Å². The van der Waals surface area contributed by atoms with Crippen LogP contribution in [-0.2, 0) is 9.59 Å². The van der Waals surface area contributed by atoms with Gasteiger partial charge in [-0.05, 0) is 26.0 Å². The molecule has 1 amide bonds. The quantitative estimate of drug-likeness (QED) is 0.607. The summed E-state index contributed by atoms with van der Waals surface area (Å²) in [5.41, 5.74) is 2.09. The van der Waals surface area contributed by atoms with Crippen molar-refractivity contribution in [1.29, 1.82) is 0 Å². The van der Waals surface area contributed by atoms with E-state index in [9.17, 15) is 14.7 Å². The monoisotopic (exact) mass is 372 g/mol. The maximum atomic E-state index is 12.4. The van der Waals surface area contributed by atoms with Crippen molar-refractivity contribution >= 4 is 46.3 Å². The number of aryl methyl sites for hydroxylation is 1. The van der Waals surface area contributed by atoms with E-state index in [0.29, 0.717) is 16.4 Å². The summed E-state index contributed by atoms with van der Waals surface area (Å²) < 4.78 is 5.96. The van der Waals surface area contributed by atoms with Crippen molar-refractivity contribution in [3.05, 3.63) is 52.6 Å². The van der Waals surface area contributed by atoms with Crippen LogP contribution in [0.5, 0.6) is 0 Å². The number of nitrogens with zero attached hydrogens (tertiary/aromatic N) is 1. The Labute approximate surface area is 154 Å². The molecule has 1 saturated heterocycles. The molecule has 2 aromatic rings. The number of carboxylic acid groups (broad SMARTS) is 1. The molecule has 5 nitrogen and oxygen atoms in total. The lowest BCUT2D eigenvalue weighted by atomic mass is 10.1. The fraction of sp³-hybridized carbons (Fsp3) is 0.167. The van der Waals surface area contributed by atoms with Crippen molar-refractivity contribution in [1.82, 2.24) is 4.90 Å². The Morgan fingerprint density at radius 2 is 1.96 bits per heavy atom. The first-order valence-corrected chi connectivity index (χ1v) is 8.74. The molecular weight excluding hydrogens is 358 g/mol. The molecule has 1 aromatic heterocycles. The number of thioether (sulfide) groups is 1. The van der Waals surface area contributed by atoms with Crippen LogP contribution in [0.3, 0.4) is 0 Å². The molecule has 128 valence electrons. The van der Waals surface area contributed by atoms with Crippen LogP contribution in [0.2, 0.25) is 0 Å². The maximum Gasteiger partial charge on any atom is 0.266 e. The van der Waals surface area contributed by atoms with Crippen LogP contribution >= 0.6 is 24.0 Å². The smallest absolute Gasteiger partial charge is 0.266 e. The van der Waals surface area contributed by atoms with Gasteiger partial charge in [0, 0.05) is 11.6 Å². The van der Waals surface area contributed by atoms with Crippen molar-refractivity contribution < 1.29 is 19.1 Å². The molecule has 0 N–H and O–H groups in total. The fourth-order valence-electron chi connectivity index (χ4n) is 2.35. The second-order valence-corrected chi connectivity index (χ2v) is 7.29. The molecule has 1 atom stereocenters. The molecule has 0 bridgehead atoms. The number of carboxylic acids is 1. The van der Waals surface area contributed by atoms with Gasteiger partial charge < -0.3 is 14.3 Å². The Kier molecular flexibility index (Phi) is 4.78. The van der Waals surface area contributed by atoms with Gasteiger partial charge in [0.15, 0.2) is 0 Å². The van der Waals surface area contributed by atoms with E-state index in [1.807, 2.05) is 37.3 Å². The summed E-state index contributed by atoms with van der Waals surface area (Å²) in [7, 11) is 0. The van der Waals surface area contributed by atoms with Gasteiger partial charge in [0.05, 0.1) is 16.9 Å². The van der Waals surface area contributed by atoms with E-state index < -0.39 is 17.9 Å². The van der Waals surface area contributed by atoms with Gasteiger partial charge in [-0.2, -0.15) is 0 Å². The fourth-order valence-corrected chi connectivity index (χ4v) is 3.75. The lowest BCUT2D eigenvalue weighted by molar-refractivity contribution is -0.309. The van der Waals surface area contributed by atoms with Crippen LogP contribution in [0.15, 0.2) is 45.7 Å². The Morgan fingerprint density at radius 3 is 2.60 bits per heavy atom. The summed E-state index contributed by atoms with van der Waals surface area (Å²) in [6, 6.07) is 10.4. The first-order chi connectivity index (χ1) is 11.9. The van der Waals surface area contributed by atoms with Crippen molar-refractivity contribution in [3.8, 4) is 11.3 Å². The molecule has 25 heavy (non-hydrogen) atoms. The summed E-state index contributed by atoms with van der Waals surface area (Å²) in [6.07, 6.45) is 1.57. The molecule has 7 heteroatoms. The molecule has 1 aromatic carbocycles. The van der Waals surface area contributed by atoms with Gasteiger partial charge in [-0.1, -0.05) is 53.8 Å². The summed E-state index contributed by atoms with van der Waals surface area (Å²) in [5, 5.41) is 11.0. The zero-order valence-corrected chi connectivity index (χ0v) is 15.1. The van der Waals surface area contributed by atoms with Crippen molar-refractivity contribution in [2.45, 2.75) is 19.9 Å². The lowest BCUT2D eigenvalue weighted by Crippen LogP contribution is -2.48. The van der Waals surface area contributed by atoms with E-state index in [2.05, 4.69) is 0 Å². The summed E-state index contributed by atoms with van der Waals surface area (Å²) in [4.78, 5) is 24.8. The van der Waals surface area contributed by atoms with Gasteiger partial charge in [0.25, 0.3) is 5.91 Å². The molecule has 1 fully saturated rings. The van der Waals surface area contributed by atoms with Gasteiger partial charge in [-0.25, -0.2) is 0 Å². The first kappa shape index (κ1) is 17.4. The van der Waals surface area contributed by atoms with Gasteiger partial charge >= 0.3 is 0 Å². The number of amides is 1. The normalized spacial score (nSPS) is 17.4. The average molecular weight is 372 g/mol. The van der Waals surface area contributed by atoms with Gasteiger partial charge in [-0.15, -0.1) is 0 Å². The number of hydrogen-bond acceptors (Lipinski definition) is 6. The van der Waals surface area contributed by atoms with Gasteiger partial charge in [0.1, 0.15) is 15.8 Å². The zero-order valence-electron chi connectivity index (χ0n) is 13.5. The Morgan fingerprint density at radius 1 is 1.28 bits per heavy atom. The predicted molar refractivity (Wildman–Crippen MR) is 98.4 cm³/mol. The largest absolute Gasteiger partial charge is 0.548 e. The molecule has 0 spiro atoms. The maximum absolute atomic E-state index is 12.4. The minimum absolute atomic E-state index is 0.193. The van der Waals surface area contributed by atoms with Gasteiger partial charge in [0.2, 0.25) is 0 Å². The highest BCUT2D eigenvalue weighted by atomic mass is 32.2. The third-order valence-electron chi connectivity index (χ3n) is 3.79. The number of carbonyl (C=O) groups excluding carboxylic acids is 2. The van der Waals surface area contributed by atoms with Crippen LogP contribution in [0.1, 0.15) is 18.2 Å². The molecule has 2 heterocycles. The van der Waals surface area contributed by atoms with E-state index in [-0.39, 0.29) is 4.32 Å². The van der Waals surface area contributed by atoms with Crippen molar-refractivity contribution in [2.75, 3.05) is 0 Å². The van der Waals surface area contributed by atoms with Crippen LogP contribution in [0, 0.1) is 6.92 Å². The summed E-state index contributed by atoms with van der Waals surface area (Å²) in [6.45, 7) is 3.37. The minimum atomic E-state index is -1.35. The number of thiocarbonyl (C=S) groups is 1.